The maximum atomic E-state index is 14.2. The van der Waals surface area contributed by atoms with Crippen LogP contribution in [0.4, 0.5) is 18.9 Å². The summed E-state index contributed by atoms with van der Waals surface area (Å²) in [6, 6.07) is 9.42. The van der Waals surface area contributed by atoms with Crippen molar-refractivity contribution in [2.75, 3.05) is 13.1 Å². The number of nitro groups is 1. The van der Waals surface area contributed by atoms with Crippen molar-refractivity contribution in [1.29, 1.82) is 0 Å². The van der Waals surface area contributed by atoms with Crippen molar-refractivity contribution in [3.63, 3.8) is 0 Å². The number of aliphatic hydroxyl groups excluding tert-OH is 1. The van der Waals surface area contributed by atoms with E-state index in [0.717, 1.165) is 19.3 Å². The van der Waals surface area contributed by atoms with E-state index in [9.17, 15) is 38.0 Å². The molecule has 2 N–H and O–H groups in total. The van der Waals surface area contributed by atoms with Gasteiger partial charge in [0.15, 0.2) is 0 Å². The lowest BCUT2D eigenvalue weighted by Gasteiger charge is -2.58. The molecule has 7 rings (SSSR count). The van der Waals surface area contributed by atoms with Gasteiger partial charge in [-0.05, 0) is 107 Å². The van der Waals surface area contributed by atoms with Crippen LogP contribution in [-0.4, -0.2) is 46.0 Å². The van der Waals surface area contributed by atoms with Crippen molar-refractivity contribution < 1.29 is 32.8 Å². The molecule has 230 valence electrons. The first-order valence-electron chi connectivity index (χ1n) is 14.6. The fraction of sp³-hybridized carbons (Fsp3) is 0.548. The third-order valence-corrected chi connectivity index (χ3v) is 11.1. The van der Waals surface area contributed by atoms with Crippen LogP contribution in [0.3, 0.4) is 0 Å². The number of aliphatic hydroxyl groups is 1. The Kier molecular flexibility index (Phi) is 7.75. The van der Waals surface area contributed by atoms with E-state index in [0.29, 0.717) is 39.0 Å². The van der Waals surface area contributed by atoms with E-state index in [2.05, 4.69) is 27.9 Å². The van der Waals surface area contributed by atoms with Crippen LogP contribution in [0.15, 0.2) is 42.5 Å². The van der Waals surface area contributed by atoms with Crippen LogP contribution in [0.2, 0.25) is 0 Å². The largest absolute Gasteiger partial charge is 0.405 e. The summed E-state index contributed by atoms with van der Waals surface area (Å²) in [5.41, 5.74) is -0.677. The molecule has 1 aliphatic heterocycles. The maximum absolute atomic E-state index is 14.2. The average molecular weight is 712 g/mol. The van der Waals surface area contributed by atoms with Crippen LogP contribution in [0.5, 0.6) is 0 Å². The number of halogens is 4. The van der Waals surface area contributed by atoms with Gasteiger partial charge in [-0.25, -0.2) is 0 Å². The molecule has 8 nitrogen and oxygen atoms in total. The van der Waals surface area contributed by atoms with Gasteiger partial charge in [0.1, 0.15) is 12.0 Å². The molecule has 2 amide bonds. The standard InChI is InChI=1S/C31H33F3IN3O5/c32-31(33,34)16-36-28(41)30(22-2-4-23(5-3-22)38(42)43)14-26(40)37(27(30)24-6-1-18(15-39)10-25(24)35)17-29-11-19-7-20(12-29)9-21(8-19)13-29/h1-6,10,19-21,27,39H,7-9,11-17H2,(H,36,41)/t19?,20?,21?,27-,29?,30-/m1/s1. The zero-order valence-electron chi connectivity index (χ0n) is 23.4. The number of carbonyl (C=O) groups is 2. The molecular weight excluding hydrogens is 678 g/mol. The molecule has 12 heteroatoms. The number of likely N-dealkylation sites (tertiary alicyclic amines) is 1. The van der Waals surface area contributed by atoms with Crippen molar-refractivity contribution in [2.45, 2.75) is 69.2 Å². The Morgan fingerprint density at radius 1 is 1.07 bits per heavy atom. The normalized spacial score (nSPS) is 31.5. The Morgan fingerprint density at radius 3 is 2.19 bits per heavy atom. The first-order valence-corrected chi connectivity index (χ1v) is 15.7. The zero-order valence-corrected chi connectivity index (χ0v) is 25.6. The number of amides is 2. The molecule has 1 saturated heterocycles. The molecule has 2 aromatic carbocycles. The molecule has 1 heterocycles. The summed E-state index contributed by atoms with van der Waals surface area (Å²) in [7, 11) is 0. The maximum Gasteiger partial charge on any atom is 0.405 e. The summed E-state index contributed by atoms with van der Waals surface area (Å²) in [5, 5.41) is 23.2. The quantitative estimate of drug-likeness (QED) is 0.205. The fourth-order valence-corrected chi connectivity index (χ4v) is 9.88. The summed E-state index contributed by atoms with van der Waals surface area (Å²) >= 11 is 2.08. The molecule has 2 aromatic rings. The molecular formula is C31H33F3IN3O5. The van der Waals surface area contributed by atoms with Gasteiger partial charge in [0.25, 0.3) is 5.69 Å². The Hall–Kier alpha value is -2.74. The van der Waals surface area contributed by atoms with Gasteiger partial charge in [-0.3, -0.25) is 19.7 Å². The van der Waals surface area contributed by atoms with E-state index in [1.807, 2.05) is 0 Å². The van der Waals surface area contributed by atoms with E-state index in [-0.39, 0.29) is 35.6 Å². The molecule has 5 fully saturated rings. The zero-order chi connectivity index (χ0) is 30.7. The molecule has 2 atom stereocenters. The number of alkyl halides is 3. The third-order valence-electron chi connectivity index (χ3n) is 10.2. The minimum Gasteiger partial charge on any atom is -0.392 e. The minimum absolute atomic E-state index is 0.118. The second-order valence-electron chi connectivity index (χ2n) is 13.1. The first-order chi connectivity index (χ1) is 20.3. The van der Waals surface area contributed by atoms with Gasteiger partial charge in [0.2, 0.25) is 11.8 Å². The second-order valence-corrected chi connectivity index (χ2v) is 14.3. The predicted octanol–water partition coefficient (Wildman–Crippen LogP) is 5.80. The van der Waals surface area contributed by atoms with E-state index in [1.165, 1.54) is 43.5 Å². The highest BCUT2D eigenvalue weighted by Crippen LogP contribution is 2.62. The number of hydrogen-bond donors (Lipinski definition) is 2. The minimum atomic E-state index is -4.68. The Labute approximate surface area is 260 Å². The third kappa shape index (κ3) is 5.53. The lowest BCUT2D eigenvalue weighted by atomic mass is 9.49. The molecule has 4 bridgehead atoms. The molecule has 0 unspecified atom stereocenters. The topological polar surface area (TPSA) is 113 Å². The van der Waals surface area contributed by atoms with Crippen molar-refractivity contribution in [3.05, 3.63) is 72.8 Å². The highest BCUT2D eigenvalue weighted by atomic mass is 127. The molecule has 43 heavy (non-hydrogen) atoms. The highest BCUT2D eigenvalue weighted by molar-refractivity contribution is 14.1. The summed E-state index contributed by atoms with van der Waals surface area (Å²) < 4.78 is 40.8. The Morgan fingerprint density at radius 2 is 1.67 bits per heavy atom. The van der Waals surface area contributed by atoms with Crippen LogP contribution in [-0.2, 0) is 21.6 Å². The van der Waals surface area contributed by atoms with Crippen molar-refractivity contribution in [2.24, 2.45) is 23.2 Å². The van der Waals surface area contributed by atoms with Gasteiger partial charge in [0, 0.05) is 28.7 Å². The number of nitrogens with one attached hydrogen (secondary N) is 1. The van der Waals surface area contributed by atoms with Crippen molar-refractivity contribution in [3.8, 4) is 0 Å². The summed E-state index contributed by atoms with van der Waals surface area (Å²) in [6.45, 7) is -1.40. The molecule has 0 aromatic heterocycles. The van der Waals surface area contributed by atoms with Crippen LogP contribution < -0.4 is 5.32 Å². The van der Waals surface area contributed by atoms with Gasteiger partial charge in [-0.2, -0.15) is 13.2 Å². The van der Waals surface area contributed by atoms with Crippen LogP contribution in [0.25, 0.3) is 0 Å². The molecule has 0 spiro atoms. The van der Waals surface area contributed by atoms with Gasteiger partial charge in [-0.1, -0.05) is 24.3 Å². The molecule has 4 aliphatic carbocycles. The van der Waals surface area contributed by atoms with Crippen LogP contribution in [0.1, 0.15) is 67.7 Å². The lowest BCUT2D eigenvalue weighted by Crippen LogP contribution is -2.54. The van der Waals surface area contributed by atoms with Crippen LogP contribution >= 0.6 is 22.6 Å². The summed E-state index contributed by atoms with van der Waals surface area (Å²) in [6.07, 6.45) is 1.50. The van der Waals surface area contributed by atoms with Crippen LogP contribution in [0, 0.1) is 36.9 Å². The highest BCUT2D eigenvalue weighted by Gasteiger charge is 2.61. The van der Waals surface area contributed by atoms with E-state index in [1.54, 1.807) is 23.1 Å². The van der Waals surface area contributed by atoms with Crippen molar-refractivity contribution in [1.82, 2.24) is 10.2 Å². The Bertz CT molecular complexity index is 1410. The first kappa shape index (κ1) is 30.3. The second kappa shape index (κ2) is 11.0. The number of nitrogens with zero attached hydrogens (tertiary/aromatic N) is 2. The number of non-ortho nitro benzene ring substituents is 1. The summed E-state index contributed by atoms with van der Waals surface area (Å²) in [4.78, 5) is 40.9. The van der Waals surface area contributed by atoms with Gasteiger partial charge in [-0.15, -0.1) is 0 Å². The van der Waals surface area contributed by atoms with E-state index < -0.39 is 35.0 Å². The number of benzene rings is 2. The molecule has 0 radical (unpaired) electrons. The molecule has 5 aliphatic rings. The Balaban J connectivity index is 1.50. The van der Waals surface area contributed by atoms with Gasteiger partial charge in [0.05, 0.1) is 17.6 Å². The number of hydrogen-bond acceptors (Lipinski definition) is 5. The number of carbonyl (C=O) groups excluding carboxylic acids is 2. The van der Waals surface area contributed by atoms with Crippen molar-refractivity contribution >= 4 is 40.1 Å². The van der Waals surface area contributed by atoms with E-state index >= 15 is 0 Å². The number of nitro benzene ring substituents is 1. The average Bonchev–Trinajstić information content (AvgIpc) is 3.22. The van der Waals surface area contributed by atoms with E-state index in [4.69, 9.17) is 0 Å². The summed E-state index contributed by atoms with van der Waals surface area (Å²) in [5.74, 6) is 0.512. The van der Waals surface area contributed by atoms with Gasteiger partial charge >= 0.3 is 6.18 Å². The SMILES string of the molecule is O=C1C[C@@](C(=O)NCC(F)(F)F)(c2ccc([N+](=O)[O-])cc2)[C@@H](c2ccc(CO)cc2I)N1CC12CC3CC(CC(C3)C1)C2. The van der Waals surface area contributed by atoms with Gasteiger partial charge < -0.3 is 15.3 Å². The number of rotatable bonds is 8. The predicted molar refractivity (Wildman–Crippen MR) is 159 cm³/mol. The molecule has 4 saturated carbocycles. The fourth-order valence-electron chi connectivity index (χ4n) is 9.01. The smallest absolute Gasteiger partial charge is 0.392 e. The monoisotopic (exact) mass is 711 g/mol. The lowest BCUT2D eigenvalue weighted by molar-refractivity contribution is -0.384.